The number of aliphatic carboxylic acids is 1. The Kier molecular flexibility index (Phi) is 4.71. The lowest BCUT2D eigenvalue weighted by molar-refractivity contribution is -0.146. The second kappa shape index (κ2) is 5.79. The zero-order valence-corrected chi connectivity index (χ0v) is 12.6. The molecule has 0 aliphatic heterocycles. The number of carboxylic acid groups (broad SMARTS) is 1. The molecular formula is C13H15FN2O4S. The Hall–Kier alpha value is -1.98. The Balaban J connectivity index is 3.58. The Labute approximate surface area is 122 Å². The second-order valence-corrected chi connectivity index (χ2v) is 6.59. The molecule has 1 aromatic carbocycles. The van der Waals surface area contributed by atoms with Gasteiger partial charge in [0.1, 0.15) is 27.9 Å². The number of sulfonamides is 1. The van der Waals surface area contributed by atoms with Crippen LogP contribution in [-0.2, 0) is 14.8 Å². The maximum absolute atomic E-state index is 13.6. The summed E-state index contributed by atoms with van der Waals surface area (Å²) >= 11 is 0. The number of nitriles is 1. The number of carbonyl (C=O) groups is 1. The van der Waals surface area contributed by atoms with Crippen LogP contribution in [0.25, 0.3) is 0 Å². The molecule has 0 saturated carbocycles. The molecule has 0 heterocycles. The fraction of sp³-hybridized carbons (Fsp3) is 0.385. The minimum Gasteiger partial charge on any atom is -0.480 e. The van der Waals surface area contributed by atoms with Gasteiger partial charge in [0.25, 0.3) is 0 Å². The summed E-state index contributed by atoms with van der Waals surface area (Å²) in [5.41, 5.74) is -2.36. The summed E-state index contributed by atoms with van der Waals surface area (Å²) in [4.78, 5) is 10.7. The van der Waals surface area contributed by atoms with Crippen molar-refractivity contribution in [2.75, 3.05) is 6.54 Å². The van der Waals surface area contributed by atoms with E-state index in [2.05, 4.69) is 0 Å². The van der Waals surface area contributed by atoms with Crippen LogP contribution in [0.3, 0.4) is 0 Å². The number of benzene rings is 1. The van der Waals surface area contributed by atoms with Crippen molar-refractivity contribution in [3.8, 4) is 6.07 Å². The van der Waals surface area contributed by atoms with Crippen LogP contribution in [0.15, 0.2) is 23.1 Å². The Morgan fingerprint density at radius 2 is 2.05 bits per heavy atom. The van der Waals surface area contributed by atoms with Gasteiger partial charge >= 0.3 is 5.97 Å². The van der Waals surface area contributed by atoms with Gasteiger partial charge in [0, 0.05) is 6.54 Å². The molecule has 0 fully saturated rings. The SMILES string of the molecule is CCN(C(C)(C)C(=O)O)S(=O)(=O)c1cccc(F)c1C#N. The van der Waals surface area contributed by atoms with Gasteiger partial charge in [-0.2, -0.15) is 9.57 Å². The van der Waals surface area contributed by atoms with E-state index < -0.39 is 37.8 Å². The van der Waals surface area contributed by atoms with Crippen molar-refractivity contribution < 1.29 is 22.7 Å². The lowest BCUT2D eigenvalue weighted by Gasteiger charge is -2.33. The standard InChI is InChI=1S/C13H15FN2O4S/c1-4-16(13(2,3)12(17)18)21(19,20)11-7-5-6-10(14)9(11)8-15/h5-7H,4H2,1-3H3,(H,17,18). The average Bonchev–Trinajstić information content (AvgIpc) is 2.38. The van der Waals surface area contributed by atoms with E-state index in [4.69, 9.17) is 5.26 Å². The van der Waals surface area contributed by atoms with Gasteiger partial charge in [-0.25, -0.2) is 12.8 Å². The van der Waals surface area contributed by atoms with E-state index in [-0.39, 0.29) is 6.54 Å². The zero-order chi connectivity index (χ0) is 16.4. The second-order valence-electron chi connectivity index (χ2n) is 4.76. The van der Waals surface area contributed by atoms with Crippen molar-refractivity contribution in [2.45, 2.75) is 31.2 Å². The van der Waals surface area contributed by atoms with E-state index >= 15 is 0 Å². The van der Waals surface area contributed by atoms with E-state index in [0.717, 1.165) is 22.5 Å². The highest BCUT2D eigenvalue weighted by Gasteiger charge is 2.42. The molecule has 0 atom stereocenters. The summed E-state index contributed by atoms with van der Waals surface area (Å²) in [6.45, 7) is 3.78. The van der Waals surface area contributed by atoms with Gasteiger partial charge in [-0.15, -0.1) is 0 Å². The molecule has 21 heavy (non-hydrogen) atoms. The van der Waals surface area contributed by atoms with E-state index in [1.807, 2.05) is 0 Å². The van der Waals surface area contributed by atoms with E-state index in [1.165, 1.54) is 26.8 Å². The van der Waals surface area contributed by atoms with Crippen LogP contribution in [0, 0.1) is 17.1 Å². The Morgan fingerprint density at radius 3 is 2.48 bits per heavy atom. The van der Waals surface area contributed by atoms with Crippen molar-refractivity contribution in [2.24, 2.45) is 0 Å². The molecule has 0 aliphatic carbocycles. The van der Waals surface area contributed by atoms with Crippen LogP contribution in [0.2, 0.25) is 0 Å². The summed E-state index contributed by atoms with van der Waals surface area (Å²) in [6, 6.07) is 4.71. The van der Waals surface area contributed by atoms with Crippen LogP contribution in [0.4, 0.5) is 4.39 Å². The van der Waals surface area contributed by atoms with Crippen LogP contribution < -0.4 is 0 Å². The van der Waals surface area contributed by atoms with Crippen LogP contribution in [0.1, 0.15) is 26.3 Å². The molecule has 1 N–H and O–H groups in total. The lowest BCUT2D eigenvalue weighted by atomic mass is 10.1. The van der Waals surface area contributed by atoms with Crippen molar-refractivity contribution in [1.82, 2.24) is 4.31 Å². The Bertz CT molecular complexity index is 707. The van der Waals surface area contributed by atoms with Gasteiger partial charge in [-0.05, 0) is 26.0 Å². The molecule has 0 amide bonds. The zero-order valence-electron chi connectivity index (χ0n) is 11.8. The first-order valence-corrected chi connectivity index (χ1v) is 7.49. The third-order valence-corrected chi connectivity index (χ3v) is 5.28. The van der Waals surface area contributed by atoms with Crippen molar-refractivity contribution in [3.05, 3.63) is 29.6 Å². The number of carboxylic acids is 1. The van der Waals surface area contributed by atoms with Gasteiger partial charge in [0.15, 0.2) is 0 Å². The molecule has 1 rings (SSSR count). The highest BCUT2D eigenvalue weighted by atomic mass is 32.2. The van der Waals surface area contributed by atoms with Crippen LogP contribution in [0.5, 0.6) is 0 Å². The normalized spacial score (nSPS) is 12.2. The van der Waals surface area contributed by atoms with Gasteiger partial charge < -0.3 is 5.11 Å². The summed E-state index contributed by atoms with van der Waals surface area (Å²) in [7, 11) is -4.33. The highest BCUT2D eigenvalue weighted by molar-refractivity contribution is 7.89. The maximum atomic E-state index is 13.6. The first-order chi connectivity index (χ1) is 9.60. The summed E-state index contributed by atoms with van der Waals surface area (Å²) in [5.74, 6) is -2.31. The summed E-state index contributed by atoms with van der Waals surface area (Å²) < 4.78 is 39.5. The Morgan fingerprint density at radius 1 is 1.48 bits per heavy atom. The number of rotatable bonds is 5. The van der Waals surface area contributed by atoms with Crippen molar-refractivity contribution >= 4 is 16.0 Å². The molecule has 1 aromatic rings. The average molecular weight is 314 g/mol. The van der Waals surface area contributed by atoms with Crippen LogP contribution in [-0.4, -0.2) is 35.9 Å². The molecule has 0 spiro atoms. The fourth-order valence-electron chi connectivity index (χ4n) is 1.92. The monoisotopic (exact) mass is 314 g/mol. The third kappa shape index (κ3) is 2.89. The number of hydrogen-bond donors (Lipinski definition) is 1. The first kappa shape index (κ1) is 17.1. The smallest absolute Gasteiger partial charge is 0.324 e. The van der Waals surface area contributed by atoms with E-state index in [1.54, 1.807) is 0 Å². The number of likely N-dealkylation sites (N-methyl/N-ethyl adjacent to an activating group) is 1. The quantitative estimate of drug-likeness (QED) is 0.889. The number of nitrogens with zero attached hydrogens (tertiary/aromatic N) is 2. The van der Waals surface area contributed by atoms with E-state index in [0.29, 0.717) is 0 Å². The minimum absolute atomic E-state index is 0.136. The molecule has 0 bridgehead atoms. The molecule has 0 saturated heterocycles. The molecule has 8 heteroatoms. The van der Waals surface area contributed by atoms with Crippen molar-refractivity contribution in [3.63, 3.8) is 0 Å². The fourth-order valence-corrected chi connectivity index (χ4v) is 3.83. The molecule has 114 valence electrons. The summed E-state index contributed by atoms with van der Waals surface area (Å²) in [5, 5.41) is 18.1. The highest BCUT2D eigenvalue weighted by Crippen LogP contribution is 2.27. The maximum Gasteiger partial charge on any atom is 0.324 e. The molecule has 6 nitrogen and oxygen atoms in total. The summed E-state index contributed by atoms with van der Waals surface area (Å²) in [6.07, 6.45) is 0. The topological polar surface area (TPSA) is 98.5 Å². The largest absolute Gasteiger partial charge is 0.480 e. The number of hydrogen-bond acceptors (Lipinski definition) is 4. The van der Waals surface area contributed by atoms with E-state index in [9.17, 15) is 22.7 Å². The van der Waals surface area contributed by atoms with Crippen LogP contribution >= 0.6 is 0 Å². The molecule has 0 aromatic heterocycles. The third-order valence-electron chi connectivity index (χ3n) is 3.09. The predicted molar refractivity (Wildman–Crippen MR) is 72.4 cm³/mol. The lowest BCUT2D eigenvalue weighted by Crippen LogP contribution is -2.52. The predicted octanol–water partition coefficient (Wildman–Crippen LogP) is 1.57. The van der Waals surface area contributed by atoms with Gasteiger partial charge in [0.05, 0.1) is 0 Å². The van der Waals surface area contributed by atoms with Gasteiger partial charge in [0.2, 0.25) is 10.0 Å². The molecule has 0 unspecified atom stereocenters. The molecular weight excluding hydrogens is 299 g/mol. The first-order valence-electron chi connectivity index (χ1n) is 6.05. The molecule has 0 aliphatic rings. The number of halogens is 1. The molecule has 0 radical (unpaired) electrons. The van der Waals surface area contributed by atoms with Gasteiger partial charge in [-0.1, -0.05) is 13.0 Å². The van der Waals surface area contributed by atoms with Gasteiger partial charge in [-0.3, -0.25) is 4.79 Å². The van der Waals surface area contributed by atoms with Crippen molar-refractivity contribution in [1.29, 1.82) is 5.26 Å². The minimum atomic E-state index is -4.33.